The molecule has 27 heavy (non-hydrogen) atoms. The molecule has 0 bridgehead atoms. The summed E-state index contributed by atoms with van der Waals surface area (Å²) >= 11 is 6.16. The van der Waals surface area contributed by atoms with Crippen LogP contribution in [0.2, 0.25) is 5.02 Å². The summed E-state index contributed by atoms with van der Waals surface area (Å²) in [7, 11) is 0. The summed E-state index contributed by atoms with van der Waals surface area (Å²) in [6.07, 6.45) is 13.5. The standard InChI is InChI=1S/C22H33ClN2O2/c1-17-14-20(15-18(2)22(17)23)27-16-21(26)25-24-19-12-10-8-6-4-3-5-7-9-11-13-19/h14-15H,3-13,16H2,1-2H3,(H,25,26). The quantitative estimate of drug-likeness (QED) is 0.628. The highest BCUT2D eigenvalue weighted by Gasteiger charge is 2.08. The fourth-order valence-corrected chi connectivity index (χ4v) is 3.55. The molecule has 1 fully saturated rings. The van der Waals surface area contributed by atoms with Crippen LogP contribution in [0, 0.1) is 13.8 Å². The Bertz CT molecular complexity index is 606. The van der Waals surface area contributed by atoms with Crippen LogP contribution in [-0.4, -0.2) is 18.2 Å². The van der Waals surface area contributed by atoms with Gasteiger partial charge in [0.2, 0.25) is 0 Å². The van der Waals surface area contributed by atoms with E-state index < -0.39 is 0 Å². The second-order valence-corrected chi connectivity index (χ2v) is 7.93. The van der Waals surface area contributed by atoms with E-state index in [1.165, 1.54) is 44.9 Å². The molecular formula is C22H33ClN2O2. The highest BCUT2D eigenvalue weighted by molar-refractivity contribution is 6.32. The molecule has 1 aromatic rings. The number of nitrogens with zero attached hydrogens (tertiary/aromatic N) is 1. The van der Waals surface area contributed by atoms with Crippen LogP contribution in [0.25, 0.3) is 0 Å². The number of halogens is 1. The Balaban J connectivity index is 1.81. The first-order chi connectivity index (χ1) is 13.1. The van der Waals surface area contributed by atoms with Gasteiger partial charge in [-0.25, -0.2) is 5.43 Å². The van der Waals surface area contributed by atoms with Gasteiger partial charge in [-0.1, -0.05) is 56.5 Å². The number of rotatable bonds is 4. The number of amides is 1. The average molecular weight is 393 g/mol. The van der Waals surface area contributed by atoms with Crippen molar-refractivity contribution in [1.29, 1.82) is 0 Å². The highest BCUT2D eigenvalue weighted by Crippen LogP contribution is 2.25. The van der Waals surface area contributed by atoms with Crippen molar-refractivity contribution in [2.24, 2.45) is 5.10 Å². The summed E-state index contributed by atoms with van der Waals surface area (Å²) < 4.78 is 5.60. The zero-order chi connectivity index (χ0) is 19.5. The van der Waals surface area contributed by atoms with Crippen molar-refractivity contribution >= 4 is 23.2 Å². The fourth-order valence-electron chi connectivity index (χ4n) is 3.44. The van der Waals surface area contributed by atoms with Gasteiger partial charge in [-0.3, -0.25) is 4.79 Å². The number of carbonyl (C=O) groups excluding carboxylic acids is 1. The van der Waals surface area contributed by atoms with E-state index in [1.54, 1.807) is 0 Å². The van der Waals surface area contributed by atoms with Gasteiger partial charge in [0.25, 0.3) is 5.91 Å². The molecular weight excluding hydrogens is 360 g/mol. The van der Waals surface area contributed by atoms with Crippen molar-refractivity contribution in [2.75, 3.05) is 6.61 Å². The Morgan fingerprint density at radius 2 is 1.44 bits per heavy atom. The van der Waals surface area contributed by atoms with Gasteiger partial charge in [0.05, 0.1) is 0 Å². The van der Waals surface area contributed by atoms with Crippen LogP contribution in [0.3, 0.4) is 0 Å². The first kappa shape index (κ1) is 21.7. The minimum absolute atomic E-state index is 0.0444. The molecule has 0 aromatic heterocycles. The minimum Gasteiger partial charge on any atom is -0.484 e. The number of hydrogen-bond donors (Lipinski definition) is 1. The molecule has 0 spiro atoms. The molecule has 0 heterocycles. The average Bonchev–Trinajstić information content (AvgIpc) is 2.64. The molecule has 1 saturated carbocycles. The largest absolute Gasteiger partial charge is 0.484 e. The third kappa shape index (κ3) is 8.34. The molecule has 1 aliphatic rings. The SMILES string of the molecule is Cc1cc(OCC(=O)NN=C2CCCCCCCCCCC2)cc(C)c1Cl. The number of benzene rings is 1. The zero-order valence-corrected chi connectivity index (χ0v) is 17.5. The van der Waals surface area contributed by atoms with Gasteiger partial charge in [-0.2, -0.15) is 5.10 Å². The van der Waals surface area contributed by atoms with Crippen LogP contribution in [0.5, 0.6) is 5.75 Å². The summed E-state index contributed by atoms with van der Waals surface area (Å²) in [4.78, 5) is 12.1. The van der Waals surface area contributed by atoms with Crippen molar-refractivity contribution in [3.8, 4) is 5.75 Å². The topological polar surface area (TPSA) is 50.7 Å². The molecule has 5 heteroatoms. The first-order valence-corrected chi connectivity index (χ1v) is 10.7. The number of nitrogens with one attached hydrogen (secondary N) is 1. The van der Waals surface area contributed by atoms with Crippen LogP contribution >= 0.6 is 11.6 Å². The van der Waals surface area contributed by atoms with Crippen molar-refractivity contribution in [3.63, 3.8) is 0 Å². The van der Waals surface area contributed by atoms with E-state index in [-0.39, 0.29) is 12.5 Å². The Morgan fingerprint density at radius 3 is 1.96 bits per heavy atom. The van der Waals surface area contributed by atoms with E-state index in [4.69, 9.17) is 16.3 Å². The van der Waals surface area contributed by atoms with E-state index in [0.717, 1.165) is 47.5 Å². The van der Waals surface area contributed by atoms with E-state index in [1.807, 2.05) is 26.0 Å². The Kier molecular flexibility index (Phi) is 9.68. The maximum atomic E-state index is 12.1. The van der Waals surface area contributed by atoms with Gasteiger partial charge in [-0.05, 0) is 62.8 Å². The van der Waals surface area contributed by atoms with Crippen LogP contribution in [0.1, 0.15) is 81.8 Å². The highest BCUT2D eigenvalue weighted by atomic mass is 35.5. The lowest BCUT2D eigenvalue weighted by atomic mass is 10.00. The molecule has 150 valence electrons. The zero-order valence-electron chi connectivity index (χ0n) is 16.8. The van der Waals surface area contributed by atoms with Crippen LogP contribution in [0.4, 0.5) is 0 Å². The normalized spacial score (nSPS) is 16.8. The summed E-state index contributed by atoms with van der Waals surface area (Å²) in [5, 5.41) is 5.13. The maximum absolute atomic E-state index is 12.1. The van der Waals surface area contributed by atoms with Gasteiger partial charge in [0.1, 0.15) is 5.75 Å². The number of hydrogen-bond acceptors (Lipinski definition) is 3. The Labute approximate surface area is 168 Å². The van der Waals surface area contributed by atoms with E-state index in [2.05, 4.69) is 10.5 Å². The van der Waals surface area contributed by atoms with Crippen molar-refractivity contribution in [2.45, 2.75) is 84.5 Å². The maximum Gasteiger partial charge on any atom is 0.277 e. The lowest BCUT2D eigenvalue weighted by Crippen LogP contribution is -2.26. The van der Waals surface area contributed by atoms with Gasteiger partial charge in [0.15, 0.2) is 6.61 Å². The number of carbonyl (C=O) groups is 1. The molecule has 0 radical (unpaired) electrons. The van der Waals surface area contributed by atoms with Gasteiger partial charge < -0.3 is 4.74 Å². The van der Waals surface area contributed by atoms with Gasteiger partial charge >= 0.3 is 0 Å². The van der Waals surface area contributed by atoms with Gasteiger partial charge in [-0.15, -0.1) is 0 Å². The van der Waals surface area contributed by atoms with Crippen molar-refractivity contribution in [1.82, 2.24) is 5.43 Å². The minimum atomic E-state index is -0.223. The van der Waals surface area contributed by atoms with Crippen LogP contribution in [0.15, 0.2) is 17.2 Å². The van der Waals surface area contributed by atoms with E-state index in [0.29, 0.717) is 5.75 Å². The molecule has 2 rings (SSSR count). The summed E-state index contributed by atoms with van der Waals surface area (Å²) in [5.41, 5.74) is 5.68. The molecule has 1 amide bonds. The number of ether oxygens (including phenoxy) is 1. The van der Waals surface area contributed by atoms with Crippen LogP contribution in [-0.2, 0) is 4.79 Å². The lowest BCUT2D eigenvalue weighted by molar-refractivity contribution is -0.123. The lowest BCUT2D eigenvalue weighted by Gasteiger charge is -2.11. The molecule has 1 N–H and O–H groups in total. The molecule has 0 unspecified atom stereocenters. The van der Waals surface area contributed by atoms with Crippen LogP contribution < -0.4 is 10.2 Å². The third-order valence-electron chi connectivity index (χ3n) is 5.05. The monoisotopic (exact) mass is 392 g/mol. The van der Waals surface area contributed by atoms with Gasteiger partial charge in [0, 0.05) is 10.7 Å². The van der Waals surface area contributed by atoms with Crippen molar-refractivity contribution in [3.05, 3.63) is 28.3 Å². The summed E-state index contributed by atoms with van der Waals surface area (Å²) in [6, 6.07) is 3.70. The summed E-state index contributed by atoms with van der Waals surface area (Å²) in [5.74, 6) is 0.432. The van der Waals surface area contributed by atoms with E-state index in [9.17, 15) is 4.79 Å². The smallest absolute Gasteiger partial charge is 0.277 e. The number of aryl methyl sites for hydroxylation is 2. The molecule has 0 aliphatic heterocycles. The molecule has 0 saturated heterocycles. The second kappa shape index (κ2) is 12.0. The number of hydrazone groups is 1. The van der Waals surface area contributed by atoms with E-state index >= 15 is 0 Å². The predicted molar refractivity (Wildman–Crippen MR) is 113 cm³/mol. The Hall–Kier alpha value is -1.55. The Morgan fingerprint density at radius 1 is 0.963 bits per heavy atom. The molecule has 1 aromatic carbocycles. The predicted octanol–water partition coefficient (Wildman–Crippen LogP) is 6.11. The molecule has 4 nitrogen and oxygen atoms in total. The fraction of sp³-hybridized carbons (Fsp3) is 0.636. The second-order valence-electron chi connectivity index (χ2n) is 7.55. The first-order valence-electron chi connectivity index (χ1n) is 10.3. The molecule has 0 atom stereocenters. The van der Waals surface area contributed by atoms with Crippen molar-refractivity contribution < 1.29 is 9.53 Å². The summed E-state index contributed by atoms with van der Waals surface area (Å²) in [6.45, 7) is 3.81. The third-order valence-corrected chi connectivity index (χ3v) is 5.65. The molecule has 1 aliphatic carbocycles.